The summed E-state index contributed by atoms with van der Waals surface area (Å²) < 4.78 is 6.34. The Morgan fingerprint density at radius 2 is 1.70 bits per heavy atom. The molecule has 0 amide bonds. The number of hydrogen-bond donors (Lipinski definition) is 2. The quantitative estimate of drug-likeness (QED) is 0.235. The molecular weight excluding hydrogens is 480 g/mol. The van der Waals surface area contributed by atoms with Crippen LogP contribution in [0.1, 0.15) is 29.9 Å². The average molecular weight is 507 g/mol. The van der Waals surface area contributed by atoms with Crippen molar-refractivity contribution < 1.29 is 4.42 Å². The molecule has 1 unspecified atom stereocenters. The maximum Gasteiger partial charge on any atom is 0.200 e. The first-order valence-corrected chi connectivity index (χ1v) is 13.0. The highest BCUT2D eigenvalue weighted by atomic mass is 32.2. The van der Waals surface area contributed by atoms with E-state index in [1.807, 2.05) is 79.9 Å². The molecule has 184 valence electrons. The molecule has 0 fully saturated rings. The van der Waals surface area contributed by atoms with Crippen molar-refractivity contribution in [2.24, 2.45) is 0 Å². The van der Waals surface area contributed by atoms with Gasteiger partial charge in [-0.2, -0.15) is 0 Å². The first-order chi connectivity index (χ1) is 18.0. The molecule has 0 aliphatic rings. The van der Waals surface area contributed by atoms with Crippen molar-refractivity contribution in [1.29, 1.82) is 0 Å². The van der Waals surface area contributed by atoms with Crippen LogP contribution in [0, 0.1) is 0 Å². The highest BCUT2D eigenvalue weighted by molar-refractivity contribution is 7.98. The maximum absolute atomic E-state index is 13.6. The summed E-state index contributed by atoms with van der Waals surface area (Å²) in [6, 6.07) is 24.5. The van der Waals surface area contributed by atoms with Gasteiger partial charge in [0.1, 0.15) is 29.3 Å². The van der Waals surface area contributed by atoms with E-state index in [0.717, 1.165) is 16.0 Å². The van der Waals surface area contributed by atoms with Crippen LogP contribution in [0.5, 0.6) is 0 Å². The van der Waals surface area contributed by atoms with Gasteiger partial charge in [-0.25, -0.2) is 9.97 Å². The highest BCUT2D eigenvalue weighted by Gasteiger charge is 2.23. The van der Waals surface area contributed by atoms with Crippen LogP contribution in [0.2, 0.25) is 0 Å². The molecule has 0 aliphatic carbocycles. The van der Waals surface area contributed by atoms with E-state index in [9.17, 15) is 4.79 Å². The molecule has 2 heterocycles. The lowest BCUT2D eigenvalue weighted by atomic mass is 9.98. The normalized spacial score (nSPS) is 11.8. The second kappa shape index (κ2) is 10.3. The van der Waals surface area contributed by atoms with Gasteiger partial charge in [0, 0.05) is 4.90 Å². The third-order valence-electron chi connectivity index (χ3n) is 6.25. The van der Waals surface area contributed by atoms with Gasteiger partial charge >= 0.3 is 0 Å². The summed E-state index contributed by atoms with van der Waals surface area (Å²) in [6.45, 7) is 6.22. The third-order valence-corrected chi connectivity index (χ3v) is 6.99. The SMILES string of the molecule is C=C(c1ccc(SC)cc1)c1c(N)ncnc1NC(C)c1oc2ccccc2c(=O)c1-c1ccccc1. The fourth-order valence-corrected chi connectivity index (χ4v) is 4.76. The van der Waals surface area contributed by atoms with E-state index < -0.39 is 6.04 Å². The minimum atomic E-state index is -0.424. The smallest absolute Gasteiger partial charge is 0.200 e. The Balaban J connectivity index is 1.59. The summed E-state index contributed by atoms with van der Waals surface area (Å²) in [5, 5.41) is 3.95. The summed E-state index contributed by atoms with van der Waals surface area (Å²) in [6.07, 6.45) is 3.44. The van der Waals surface area contributed by atoms with Gasteiger partial charge in [-0.15, -0.1) is 11.8 Å². The number of thioether (sulfide) groups is 1. The van der Waals surface area contributed by atoms with Gasteiger partial charge in [0.2, 0.25) is 5.43 Å². The summed E-state index contributed by atoms with van der Waals surface area (Å²) >= 11 is 1.67. The molecule has 0 saturated heterocycles. The molecule has 0 radical (unpaired) electrons. The molecule has 5 rings (SSSR count). The zero-order valence-corrected chi connectivity index (χ0v) is 21.4. The number of fused-ring (bicyclic) bond motifs is 1. The predicted molar refractivity (Wildman–Crippen MR) is 153 cm³/mol. The van der Waals surface area contributed by atoms with Crippen molar-refractivity contribution in [3.05, 3.63) is 119 Å². The Morgan fingerprint density at radius 3 is 2.43 bits per heavy atom. The van der Waals surface area contributed by atoms with E-state index in [1.54, 1.807) is 23.9 Å². The number of nitrogens with one attached hydrogen (secondary N) is 1. The van der Waals surface area contributed by atoms with Crippen LogP contribution < -0.4 is 16.5 Å². The summed E-state index contributed by atoms with van der Waals surface area (Å²) in [4.78, 5) is 23.5. The largest absolute Gasteiger partial charge is 0.458 e. The molecule has 2 aromatic heterocycles. The minimum absolute atomic E-state index is 0.0857. The molecule has 0 aliphatic heterocycles. The predicted octanol–water partition coefficient (Wildman–Crippen LogP) is 6.79. The minimum Gasteiger partial charge on any atom is -0.458 e. The van der Waals surface area contributed by atoms with E-state index in [-0.39, 0.29) is 5.43 Å². The Kier molecular flexibility index (Phi) is 6.79. The molecule has 7 heteroatoms. The average Bonchev–Trinajstić information content (AvgIpc) is 2.93. The van der Waals surface area contributed by atoms with E-state index in [2.05, 4.69) is 21.9 Å². The fraction of sp³-hybridized carbons (Fsp3) is 0.100. The van der Waals surface area contributed by atoms with Gasteiger partial charge in [-0.1, -0.05) is 61.2 Å². The fourth-order valence-electron chi connectivity index (χ4n) is 4.36. The zero-order chi connectivity index (χ0) is 25.9. The number of rotatable bonds is 7. The molecule has 0 spiro atoms. The Labute approximate surface area is 219 Å². The van der Waals surface area contributed by atoms with Crippen molar-refractivity contribution in [2.45, 2.75) is 17.9 Å². The molecule has 3 N–H and O–H groups in total. The summed E-state index contributed by atoms with van der Waals surface area (Å²) in [5.41, 5.74) is 10.3. The molecular formula is C30H26N4O2S. The van der Waals surface area contributed by atoms with Crippen LogP contribution in [0.15, 0.2) is 106 Å². The molecule has 6 nitrogen and oxygen atoms in total. The molecule has 3 aromatic carbocycles. The number of aromatic nitrogens is 2. The second-order valence-electron chi connectivity index (χ2n) is 8.59. The van der Waals surface area contributed by atoms with Crippen LogP contribution in [-0.4, -0.2) is 16.2 Å². The van der Waals surface area contributed by atoms with E-state index >= 15 is 0 Å². The summed E-state index contributed by atoms with van der Waals surface area (Å²) in [5.74, 6) is 1.33. The number of anilines is 2. The van der Waals surface area contributed by atoms with Gasteiger partial charge in [-0.05, 0) is 54.1 Å². The first kappa shape index (κ1) is 24.3. The lowest BCUT2D eigenvalue weighted by Gasteiger charge is -2.21. The standard InChI is InChI=1S/C30H26N4O2S/c1-18(20-13-15-22(37-3)16-14-20)25-29(31)32-17-33-30(25)34-19(2)28-26(21-9-5-4-6-10-21)27(35)23-11-7-8-12-24(23)36-28/h4-17,19H,1H2,2-3H3,(H3,31,32,33,34). The lowest BCUT2D eigenvalue weighted by molar-refractivity contribution is 0.515. The van der Waals surface area contributed by atoms with Gasteiger partial charge in [0.05, 0.1) is 22.6 Å². The monoisotopic (exact) mass is 506 g/mol. The third kappa shape index (κ3) is 4.73. The number of hydrogen-bond acceptors (Lipinski definition) is 7. The second-order valence-corrected chi connectivity index (χ2v) is 9.47. The number of nitrogen functional groups attached to an aromatic ring is 1. The molecule has 0 saturated carbocycles. The Bertz CT molecular complexity index is 1650. The summed E-state index contributed by atoms with van der Waals surface area (Å²) in [7, 11) is 0. The maximum atomic E-state index is 13.6. The topological polar surface area (TPSA) is 94.0 Å². The van der Waals surface area contributed by atoms with Crippen LogP contribution >= 0.6 is 11.8 Å². The number of benzene rings is 3. The Hall–Kier alpha value is -4.36. The zero-order valence-electron chi connectivity index (χ0n) is 20.6. The van der Waals surface area contributed by atoms with Crippen molar-refractivity contribution in [3.8, 4) is 11.1 Å². The van der Waals surface area contributed by atoms with Gasteiger partial charge in [0.25, 0.3) is 0 Å². The van der Waals surface area contributed by atoms with Crippen molar-refractivity contribution in [1.82, 2.24) is 9.97 Å². The van der Waals surface area contributed by atoms with E-state index in [0.29, 0.717) is 45.1 Å². The number of nitrogens with two attached hydrogens (primary N) is 1. The highest BCUT2D eigenvalue weighted by Crippen LogP contribution is 2.35. The van der Waals surface area contributed by atoms with E-state index in [1.165, 1.54) is 6.33 Å². The first-order valence-electron chi connectivity index (χ1n) is 11.8. The van der Waals surface area contributed by atoms with Crippen molar-refractivity contribution in [3.63, 3.8) is 0 Å². The van der Waals surface area contributed by atoms with Crippen molar-refractivity contribution >= 4 is 39.9 Å². The van der Waals surface area contributed by atoms with Gasteiger partial charge < -0.3 is 15.5 Å². The number of para-hydroxylation sites is 1. The van der Waals surface area contributed by atoms with Crippen molar-refractivity contribution in [2.75, 3.05) is 17.3 Å². The van der Waals surface area contributed by atoms with Crippen LogP contribution in [0.3, 0.4) is 0 Å². The van der Waals surface area contributed by atoms with Crippen LogP contribution in [0.25, 0.3) is 27.7 Å². The van der Waals surface area contributed by atoms with Gasteiger partial charge in [0.15, 0.2) is 0 Å². The molecule has 37 heavy (non-hydrogen) atoms. The molecule has 5 aromatic rings. The number of nitrogens with zero attached hydrogens (tertiary/aromatic N) is 2. The van der Waals surface area contributed by atoms with Crippen LogP contribution in [0.4, 0.5) is 11.6 Å². The lowest BCUT2D eigenvalue weighted by Crippen LogP contribution is -2.17. The molecule has 0 bridgehead atoms. The van der Waals surface area contributed by atoms with E-state index in [4.69, 9.17) is 10.2 Å². The van der Waals surface area contributed by atoms with Gasteiger partial charge in [-0.3, -0.25) is 4.79 Å². The Morgan fingerprint density at radius 1 is 1.00 bits per heavy atom. The molecule has 1 atom stereocenters. The van der Waals surface area contributed by atoms with Crippen LogP contribution in [-0.2, 0) is 0 Å².